The molecule has 0 aliphatic heterocycles. The molecule has 0 aliphatic carbocycles. The number of terminal acetylenes is 1. The molecule has 6 heteroatoms. The molecular formula is C15H17N3O2S. The Hall–Kier alpha value is -1.94. The molecule has 0 radical (unpaired) electrons. The van der Waals surface area contributed by atoms with Crippen molar-refractivity contribution in [2.45, 2.75) is 17.9 Å². The molecule has 0 unspecified atom stereocenters. The molecule has 0 aliphatic rings. The van der Waals surface area contributed by atoms with E-state index in [1.807, 2.05) is 0 Å². The van der Waals surface area contributed by atoms with Crippen molar-refractivity contribution in [1.29, 1.82) is 0 Å². The van der Waals surface area contributed by atoms with E-state index in [4.69, 9.17) is 6.42 Å². The summed E-state index contributed by atoms with van der Waals surface area (Å²) in [4.78, 5) is 4.25. The van der Waals surface area contributed by atoms with Gasteiger partial charge < -0.3 is 5.32 Å². The van der Waals surface area contributed by atoms with Gasteiger partial charge in [0, 0.05) is 30.4 Å². The van der Waals surface area contributed by atoms with Gasteiger partial charge in [-0.1, -0.05) is 12.0 Å². The van der Waals surface area contributed by atoms with Gasteiger partial charge in [-0.2, -0.15) is 0 Å². The summed E-state index contributed by atoms with van der Waals surface area (Å²) in [7, 11) is -3.55. The van der Waals surface area contributed by atoms with Gasteiger partial charge in [0.15, 0.2) is 0 Å². The van der Waals surface area contributed by atoms with Gasteiger partial charge >= 0.3 is 0 Å². The summed E-state index contributed by atoms with van der Waals surface area (Å²) in [6, 6.07) is 6.50. The van der Waals surface area contributed by atoms with Crippen molar-refractivity contribution >= 4 is 20.8 Å². The Kier molecular flexibility index (Phi) is 4.91. The third-order valence-electron chi connectivity index (χ3n) is 2.96. The first-order valence-electron chi connectivity index (χ1n) is 6.53. The zero-order chi connectivity index (χ0) is 15.3. The fourth-order valence-corrected chi connectivity index (χ4v) is 3.24. The van der Waals surface area contributed by atoms with Gasteiger partial charge in [-0.3, -0.25) is 4.98 Å². The number of fused-ring (bicyclic) bond motifs is 1. The van der Waals surface area contributed by atoms with Crippen molar-refractivity contribution in [2.24, 2.45) is 0 Å². The SMILES string of the molecule is C#CCNC[C@@H](C)NS(=O)(=O)c1ccc2cnccc2c1. The standard InChI is InChI=1S/C15H17N3O2S/c1-3-7-16-10-12(2)18-21(19,20)15-5-4-14-11-17-8-6-13(14)9-15/h1,4-6,8-9,11-12,16,18H,7,10H2,2H3/t12-/m1/s1. The van der Waals surface area contributed by atoms with Gasteiger partial charge in [-0.05, 0) is 30.5 Å². The Morgan fingerprint density at radius 1 is 1.33 bits per heavy atom. The summed E-state index contributed by atoms with van der Waals surface area (Å²) in [5.41, 5.74) is 0. The molecular weight excluding hydrogens is 286 g/mol. The second-order valence-electron chi connectivity index (χ2n) is 4.74. The molecule has 2 rings (SSSR count). The molecule has 0 spiro atoms. The molecule has 1 atom stereocenters. The topological polar surface area (TPSA) is 71.1 Å². The van der Waals surface area contributed by atoms with E-state index in [9.17, 15) is 8.42 Å². The summed E-state index contributed by atoms with van der Waals surface area (Å²) in [5.74, 6) is 2.44. The Bertz CT molecular complexity index is 766. The minimum atomic E-state index is -3.55. The molecule has 1 aromatic carbocycles. The lowest BCUT2D eigenvalue weighted by atomic mass is 10.2. The summed E-state index contributed by atoms with van der Waals surface area (Å²) in [6.45, 7) is 2.67. The lowest BCUT2D eigenvalue weighted by Gasteiger charge is -2.14. The number of nitrogens with one attached hydrogen (secondary N) is 2. The molecule has 0 bridgehead atoms. The number of benzene rings is 1. The van der Waals surface area contributed by atoms with E-state index >= 15 is 0 Å². The van der Waals surface area contributed by atoms with E-state index in [0.717, 1.165) is 10.8 Å². The van der Waals surface area contributed by atoms with Crippen LogP contribution in [0.25, 0.3) is 10.8 Å². The quantitative estimate of drug-likeness (QED) is 0.620. The molecule has 2 N–H and O–H groups in total. The monoisotopic (exact) mass is 303 g/mol. The number of pyridine rings is 1. The molecule has 21 heavy (non-hydrogen) atoms. The van der Waals surface area contributed by atoms with Gasteiger partial charge in [0.2, 0.25) is 10.0 Å². The molecule has 0 amide bonds. The van der Waals surface area contributed by atoms with Crippen LogP contribution in [0.5, 0.6) is 0 Å². The number of nitrogens with zero attached hydrogens (tertiary/aromatic N) is 1. The van der Waals surface area contributed by atoms with E-state index in [1.54, 1.807) is 43.6 Å². The molecule has 5 nitrogen and oxygen atoms in total. The van der Waals surface area contributed by atoms with Crippen LogP contribution in [0.15, 0.2) is 41.6 Å². The van der Waals surface area contributed by atoms with Crippen molar-refractivity contribution in [3.63, 3.8) is 0 Å². The van der Waals surface area contributed by atoms with Crippen LogP contribution in [-0.4, -0.2) is 32.5 Å². The van der Waals surface area contributed by atoms with Gasteiger partial charge in [0.25, 0.3) is 0 Å². The minimum Gasteiger partial charge on any atom is -0.305 e. The first-order chi connectivity index (χ1) is 10.0. The van der Waals surface area contributed by atoms with Crippen LogP contribution in [0.4, 0.5) is 0 Å². The number of sulfonamides is 1. The predicted octanol–water partition coefficient (Wildman–Crippen LogP) is 1.12. The second-order valence-corrected chi connectivity index (χ2v) is 6.46. The van der Waals surface area contributed by atoms with Crippen LogP contribution in [0.3, 0.4) is 0 Å². The molecule has 1 aromatic heterocycles. The van der Waals surface area contributed by atoms with Gasteiger partial charge in [0.05, 0.1) is 11.4 Å². The Morgan fingerprint density at radius 3 is 2.90 bits per heavy atom. The van der Waals surface area contributed by atoms with Crippen LogP contribution in [-0.2, 0) is 10.0 Å². The normalized spacial score (nSPS) is 13.0. The smallest absolute Gasteiger partial charge is 0.240 e. The van der Waals surface area contributed by atoms with Crippen molar-refractivity contribution in [1.82, 2.24) is 15.0 Å². The van der Waals surface area contributed by atoms with Crippen LogP contribution in [0.1, 0.15) is 6.92 Å². The van der Waals surface area contributed by atoms with Crippen molar-refractivity contribution in [3.05, 3.63) is 36.7 Å². The molecule has 2 aromatic rings. The lowest BCUT2D eigenvalue weighted by molar-refractivity contribution is 0.546. The number of rotatable bonds is 6. The maximum atomic E-state index is 12.3. The molecule has 110 valence electrons. The average molecular weight is 303 g/mol. The van der Waals surface area contributed by atoms with Gasteiger partial charge in [0.1, 0.15) is 0 Å². The molecule has 1 heterocycles. The molecule has 0 saturated heterocycles. The first-order valence-corrected chi connectivity index (χ1v) is 8.01. The van der Waals surface area contributed by atoms with Crippen molar-refractivity contribution < 1.29 is 8.42 Å². The fourth-order valence-electron chi connectivity index (χ4n) is 1.96. The van der Waals surface area contributed by atoms with Crippen LogP contribution < -0.4 is 10.0 Å². The van der Waals surface area contributed by atoms with Crippen molar-refractivity contribution in [2.75, 3.05) is 13.1 Å². The maximum Gasteiger partial charge on any atom is 0.240 e. The van der Waals surface area contributed by atoms with Crippen LogP contribution in [0.2, 0.25) is 0 Å². The predicted molar refractivity (Wildman–Crippen MR) is 83.2 cm³/mol. The minimum absolute atomic E-state index is 0.241. The Labute approximate surface area is 124 Å². The van der Waals surface area contributed by atoms with E-state index < -0.39 is 10.0 Å². The summed E-state index contributed by atoms with van der Waals surface area (Å²) in [6.07, 6.45) is 8.47. The zero-order valence-corrected chi connectivity index (χ0v) is 12.5. The number of aromatic nitrogens is 1. The van der Waals surface area contributed by atoms with E-state index in [0.29, 0.717) is 13.1 Å². The maximum absolute atomic E-state index is 12.3. The summed E-state index contributed by atoms with van der Waals surface area (Å²) < 4.78 is 27.3. The van der Waals surface area contributed by atoms with Crippen molar-refractivity contribution in [3.8, 4) is 12.3 Å². The summed E-state index contributed by atoms with van der Waals surface area (Å²) in [5, 5.41) is 4.71. The van der Waals surface area contributed by atoms with Crippen LogP contribution >= 0.6 is 0 Å². The second kappa shape index (κ2) is 6.68. The van der Waals surface area contributed by atoms with Gasteiger partial charge in [-0.15, -0.1) is 6.42 Å². The molecule has 0 fully saturated rings. The van der Waals surface area contributed by atoms with E-state index in [2.05, 4.69) is 20.9 Å². The fraction of sp³-hybridized carbons (Fsp3) is 0.267. The third-order valence-corrected chi connectivity index (χ3v) is 4.54. The molecule has 0 saturated carbocycles. The van der Waals surface area contributed by atoms with E-state index in [-0.39, 0.29) is 10.9 Å². The average Bonchev–Trinajstić information content (AvgIpc) is 2.46. The van der Waals surface area contributed by atoms with Gasteiger partial charge in [-0.25, -0.2) is 13.1 Å². The third kappa shape index (κ3) is 4.02. The number of hydrogen-bond acceptors (Lipinski definition) is 4. The number of hydrogen-bond donors (Lipinski definition) is 2. The highest BCUT2D eigenvalue weighted by molar-refractivity contribution is 7.89. The highest BCUT2D eigenvalue weighted by atomic mass is 32.2. The zero-order valence-electron chi connectivity index (χ0n) is 11.7. The highest BCUT2D eigenvalue weighted by Crippen LogP contribution is 2.18. The van der Waals surface area contributed by atoms with E-state index in [1.165, 1.54) is 0 Å². The Morgan fingerprint density at radius 2 is 2.14 bits per heavy atom. The Balaban J connectivity index is 2.15. The first kappa shape index (κ1) is 15.4. The largest absolute Gasteiger partial charge is 0.305 e. The van der Waals surface area contributed by atoms with Crippen LogP contribution in [0, 0.1) is 12.3 Å². The highest BCUT2D eigenvalue weighted by Gasteiger charge is 2.17. The lowest BCUT2D eigenvalue weighted by Crippen LogP contribution is -2.40. The summed E-state index contributed by atoms with van der Waals surface area (Å²) >= 11 is 0.